The maximum absolute atomic E-state index is 13.2. The van der Waals surface area contributed by atoms with E-state index in [0.717, 1.165) is 6.07 Å². The van der Waals surface area contributed by atoms with E-state index in [4.69, 9.17) is 11.6 Å². The minimum absolute atomic E-state index is 0.0228. The van der Waals surface area contributed by atoms with Crippen molar-refractivity contribution in [2.24, 2.45) is 0 Å². The molecule has 0 atom stereocenters. The van der Waals surface area contributed by atoms with E-state index in [1.807, 2.05) is 4.98 Å². The third-order valence-corrected chi connectivity index (χ3v) is 1.98. The van der Waals surface area contributed by atoms with Crippen LogP contribution < -0.4 is 11.2 Å². The van der Waals surface area contributed by atoms with Gasteiger partial charge in [0.05, 0.1) is 10.9 Å². The molecule has 0 saturated carbocycles. The van der Waals surface area contributed by atoms with Gasteiger partial charge in [0.25, 0.3) is 5.56 Å². The number of hydrogen-bond acceptors (Lipinski definition) is 2. The van der Waals surface area contributed by atoms with Crippen molar-refractivity contribution < 1.29 is 4.39 Å². The van der Waals surface area contributed by atoms with E-state index in [-0.39, 0.29) is 15.9 Å². The van der Waals surface area contributed by atoms with Gasteiger partial charge in [0.1, 0.15) is 5.82 Å². The Balaban J connectivity index is 3.10. The largest absolute Gasteiger partial charge is 0.326 e. The summed E-state index contributed by atoms with van der Waals surface area (Å²) in [5, 5.41) is 0.127. The molecule has 1 aromatic heterocycles. The Kier molecular flexibility index (Phi) is 1.89. The van der Waals surface area contributed by atoms with Gasteiger partial charge < -0.3 is 4.98 Å². The first-order valence-corrected chi connectivity index (χ1v) is 4.07. The van der Waals surface area contributed by atoms with Gasteiger partial charge >= 0.3 is 5.69 Å². The summed E-state index contributed by atoms with van der Waals surface area (Å²) in [5.74, 6) is -0.726. The Hall–Kier alpha value is -1.62. The van der Waals surface area contributed by atoms with Gasteiger partial charge in [-0.15, -0.1) is 0 Å². The highest BCUT2D eigenvalue weighted by molar-refractivity contribution is 6.31. The quantitative estimate of drug-likeness (QED) is 0.687. The van der Waals surface area contributed by atoms with Gasteiger partial charge in [-0.05, 0) is 12.1 Å². The predicted octanol–water partition coefficient (Wildman–Crippen LogP) is 1.01. The van der Waals surface area contributed by atoms with Crippen LogP contribution in [0.3, 0.4) is 0 Å². The Morgan fingerprint density at radius 3 is 2.64 bits per heavy atom. The summed E-state index contributed by atoms with van der Waals surface area (Å²) < 4.78 is 13.2. The van der Waals surface area contributed by atoms with E-state index in [2.05, 4.69) is 4.98 Å². The molecule has 1 aromatic carbocycles. The van der Waals surface area contributed by atoms with E-state index >= 15 is 0 Å². The van der Waals surface area contributed by atoms with Crippen molar-refractivity contribution in [1.82, 2.24) is 9.97 Å². The maximum atomic E-state index is 13.2. The number of aromatic amines is 2. The zero-order valence-electron chi connectivity index (χ0n) is 6.73. The van der Waals surface area contributed by atoms with Gasteiger partial charge in [-0.3, -0.25) is 9.78 Å². The first-order valence-electron chi connectivity index (χ1n) is 3.69. The van der Waals surface area contributed by atoms with Crippen LogP contribution in [0, 0.1) is 5.82 Å². The zero-order valence-corrected chi connectivity index (χ0v) is 7.48. The van der Waals surface area contributed by atoms with Gasteiger partial charge in [0, 0.05) is 5.02 Å². The van der Waals surface area contributed by atoms with E-state index < -0.39 is 17.1 Å². The summed E-state index contributed by atoms with van der Waals surface area (Å²) >= 11 is 5.55. The van der Waals surface area contributed by atoms with Crippen molar-refractivity contribution in [3.8, 4) is 0 Å². The van der Waals surface area contributed by atoms with Crippen LogP contribution in [-0.4, -0.2) is 9.97 Å². The number of aromatic nitrogens is 2. The number of H-pyrrole nitrogens is 2. The SMILES string of the molecule is O=c1[nH]c(=O)c2cc(Cl)cc(F)c2[nH]1. The normalized spacial score (nSPS) is 10.7. The molecular weight excluding hydrogens is 211 g/mol. The van der Waals surface area contributed by atoms with Crippen molar-refractivity contribution in [2.45, 2.75) is 0 Å². The van der Waals surface area contributed by atoms with Crippen molar-refractivity contribution in [3.05, 3.63) is 43.8 Å². The number of fused-ring (bicyclic) bond motifs is 1. The fourth-order valence-corrected chi connectivity index (χ4v) is 1.40. The molecule has 6 heteroatoms. The molecule has 14 heavy (non-hydrogen) atoms. The van der Waals surface area contributed by atoms with Crippen LogP contribution in [0.15, 0.2) is 21.7 Å². The van der Waals surface area contributed by atoms with Gasteiger partial charge in [0.15, 0.2) is 0 Å². The second-order valence-electron chi connectivity index (χ2n) is 2.72. The molecule has 0 spiro atoms. The number of hydrogen-bond donors (Lipinski definition) is 2. The average Bonchev–Trinajstić information content (AvgIpc) is 2.07. The number of halogens is 2. The molecule has 2 N–H and O–H groups in total. The Bertz CT molecular complexity index is 617. The lowest BCUT2D eigenvalue weighted by Crippen LogP contribution is -2.22. The minimum atomic E-state index is -0.747. The van der Waals surface area contributed by atoms with Crippen molar-refractivity contribution in [2.75, 3.05) is 0 Å². The molecule has 0 fully saturated rings. The molecule has 0 unspecified atom stereocenters. The van der Waals surface area contributed by atoms with Gasteiger partial charge in [-0.1, -0.05) is 11.6 Å². The van der Waals surface area contributed by atoms with Gasteiger partial charge in [-0.25, -0.2) is 9.18 Å². The molecule has 0 bridgehead atoms. The summed E-state index contributed by atoms with van der Waals surface area (Å²) in [6, 6.07) is 2.31. The molecule has 2 aromatic rings. The second-order valence-corrected chi connectivity index (χ2v) is 3.15. The molecule has 0 radical (unpaired) electrons. The monoisotopic (exact) mass is 214 g/mol. The van der Waals surface area contributed by atoms with Crippen LogP contribution in [-0.2, 0) is 0 Å². The van der Waals surface area contributed by atoms with E-state index in [9.17, 15) is 14.0 Å². The predicted molar refractivity (Wildman–Crippen MR) is 50.2 cm³/mol. The van der Waals surface area contributed by atoms with E-state index in [0.29, 0.717) is 0 Å². The molecule has 0 amide bonds. The van der Waals surface area contributed by atoms with Crippen LogP contribution in [0.25, 0.3) is 10.9 Å². The highest BCUT2D eigenvalue weighted by Gasteiger charge is 2.06. The first-order chi connectivity index (χ1) is 6.58. The molecule has 2 rings (SSSR count). The molecule has 0 aliphatic heterocycles. The van der Waals surface area contributed by atoms with E-state index in [1.54, 1.807) is 0 Å². The van der Waals surface area contributed by atoms with Crippen LogP contribution >= 0.6 is 11.6 Å². The maximum Gasteiger partial charge on any atom is 0.326 e. The average molecular weight is 215 g/mol. The Morgan fingerprint density at radius 1 is 1.21 bits per heavy atom. The molecule has 0 saturated heterocycles. The fourth-order valence-electron chi connectivity index (χ4n) is 1.19. The molecular formula is C8H4ClFN2O2. The van der Waals surface area contributed by atoms with Crippen molar-refractivity contribution >= 4 is 22.5 Å². The molecule has 72 valence electrons. The summed E-state index contributed by atoms with van der Waals surface area (Å²) in [4.78, 5) is 26.2. The fraction of sp³-hybridized carbons (Fsp3) is 0. The topological polar surface area (TPSA) is 65.7 Å². The third kappa shape index (κ3) is 1.31. The smallest absolute Gasteiger partial charge is 0.304 e. The first kappa shape index (κ1) is 8.96. The Labute approximate surface area is 81.3 Å². The summed E-state index contributed by atoms with van der Waals surface area (Å²) in [6.45, 7) is 0. The Morgan fingerprint density at radius 2 is 1.93 bits per heavy atom. The summed E-state index contributed by atoms with van der Waals surface area (Å²) in [5.41, 5.74) is -1.54. The number of nitrogens with one attached hydrogen (secondary N) is 2. The van der Waals surface area contributed by atoms with Gasteiger partial charge in [-0.2, -0.15) is 0 Å². The molecule has 0 aliphatic carbocycles. The molecule has 0 aliphatic rings. The highest BCUT2D eigenvalue weighted by atomic mass is 35.5. The molecule has 1 heterocycles. The van der Waals surface area contributed by atoms with Crippen molar-refractivity contribution in [3.63, 3.8) is 0 Å². The van der Waals surface area contributed by atoms with Crippen LogP contribution in [0.2, 0.25) is 5.02 Å². The number of benzene rings is 1. The summed E-state index contributed by atoms with van der Waals surface area (Å²) in [6.07, 6.45) is 0. The van der Waals surface area contributed by atoms with Crippen LogP contribution in [0.5, 0.6) is 0 Å². The van der Waals surface area contributed by atoms with E-state index in [1.165, 1.54) is 6.07 Å². The lowest BCUT2D eigenvalue weighted by molar-refractivity contribution is 0.636. The van der Waals surface area contributed by atoms with Crippen LogP contribution in [0.4, 0.5) is 4.39 Å². The lowest BCUT2D eigenvalue weighted by Gasteiger charge is -1.98. The lowest BCUT2D eigenvalue weighted by atomic mass is 10.2. The number of rotatable bonds is 0. The second kappa shape index (κ2) is 2.95. The highest BCUT2D eigenvalue weighted by Crippen LogP contribution is 2.17. The van der Waals surface area contributed by atoms with Gasteiger partial charge in [0.2, 0.25) is 0 Å². The standard InChI is InChI=1S/C8H4ClFN2O2/c9-3-1-4-6(5(10)2-3)11-8(14)12-7(4)13/h1-2H,(H2,11,12,13,14). The molecule has 4 nitrogen and oxygen atoms in total. The van der Waals surface area contributed by atoms with Crippen LogP contribution in [0.1, 0.15) is 0 Å². The van der Waals surface area contributed by atoms with Crippen molar-refractivity contribution in [1.29, 1.82) is 0 Å². The minimum Gasteiger partial charge on any atom is -0.304 e. The third-order valence-electron chi connectivity index (χ3n) is 1.77. The summed E-state index contributed by atoms with van der Waals surface area (Å²) in [7, 11) is 0. The zero-order chi connectivity index (χ0) is 10.3.